The van der Waals surface area contributed by atoms with Crippen molar-refractivity contribution in [2.75, 3.05) is 19.6 Å². The van der Waals surface area contributed by atoms with Crippen LogP contribution >= 0.6 is 0 Å². The minimum absolute atomic E-state index is 0.101. The summed E-state index contributed by atoms with van der Waals surface area (Å²) in [6.07, 6.45) is 9.75. The van der Waals surface area contributed by atoms with Crippen LogP contribution in [0.5, 0.6) is 0 Å². The maximum Gasteiger partial charge on any atom is 0.228 e. The van der Waals surface area contributed by atoms with Crippen LogP contribution in [0.15, 0.2) is 85.8 Å². The fraction of sp³-hybridized carbons (Fsp3) is 0.296. The van der Waals surface area contributed by atoms with Gasteiger partial charge in [-0.25, -0.2) is 0 Å². The molecule has 32 heavy (non-hydrogen) atoms. The molecule has 0 aliphatic carbocycles. The molecule has 164 valence electrons. The number of carbonyl (C=O) groups is 1. The Bertz CT molecular complexity index is 1040. The van der Waals surface area contributed by atoms with Crippen LogP contribution in [0.25, 0.3) is 11.1 Å². The van der Waals surface area contributed by atoms with E-state index in [2.05, 4.69) is 51.0 Å². The lowest BCUT2D eigenvalue weighted by Crippen LogP contribution is -2.53. The molecule has 1 aliphatic rings. The van der Waals surface area contributed by atoms with Crippen molar-refractivity contribution in [1.29, 1.82) is 0 Å². The molecular formula is C27H30N4O. The summed E-state index contributed by atoms with van der Waals surface area (Å²) >= 11 is 0. The molecule has 0 radical (unpaired) electrons. The Kier molecular flexibility index (Phi) is 7.07. The molecule has 1 atom stereocenters. The average molecular weight is 427 g/mol. The van der Waals surface area contributed by atoms with Gasteiger partial charge in [-0.15, -0.1) is 6.58 Å². The zero-order chi connectivity index (χ0) is 22.2. The SMILES string of the molecule is C=CCNC(=O)C1(Cc2ccccc2-c2cccnc2)CCCN(Cc2ccccn2)C1. The van der Waals surface area contributed by atoms with Crippen LogP contribution in [0.4, 0.5) is 0 Å². The number of piperidine rings is 1. The van der Waals surface area contributed by atoms with Gasteiger partial charge >= 0.3 is 0 Å². The van der Waals surface area contributed by atoms with Crippen molar-refractivity contribution in [3.05, 3.63) is 97.1 Å². The van der Waals surface area contributed by atoms with E-state index in [1.54, 1.807) is 12.3 Å². The van der Waals surface area contributed by atoms with Crippen LogP contribution in [0, 0.1) is 5.41 Å². The Morgan fingerprint density at radius 1 is 1.12 bits per heavy atom. The van der Waals surface area contributed by atoms with Gasteiger partial charge in [0, 0.05) is 43.8 Å². The normalized spacial score (nSPS) is 18.8. The maximum absolute atomic E-state index is 13.5. The molecule has 3 aromatic rings. The topological polar surface area (TPSA) is 58.1 Å². The average Bonchev–Trinajstić information content (AvgIpc) is 2.84. The van der Waals surface area contributed by atoms with E-state index < -0.39 is 5.41 Å². The van der Waals surface area contributed by atoms with Gasteiger partial charge in [0.1, 0.15) is 0 Å². The number of hydrogen-bond donors (Lipinski definition) is 1. The summed E-state index contributed by atoms with van der Waals surface area (Å²) in [5, 5.41) is 3.10. The summed E-state index contributed by atoms with van der Waals surface area (Å²) in [6, 6.07) is 18.4. The summed E-state index contributed by atoms with van der Waals surface area (Å²) in [5.74, 6) is 0.101. The van der Waals surface area contributed by atoms with Crippen LogP contribution < -0.4 is 5.32 Å². The van der Waals surface area contributed by atoms with E-state index in [9.17, 15) is 4.79 Å². The van der Waals surface area contributed by atoms with Crippen molar-refractivity contribution in [3.8, 4) is 11.1 Å². The lowest BCUT2D eigenvalue weighted by molar-refractivity contribution is -0.134. The number of likely N-dealkylation sites (tertiary alicyclic amines) is 1. The van der Waals surface area contributed by atoms with Gasteiger partial charge in [-0.05, 0) is 55.1 Å². The first kappa shape index (κ1) is 21.9. The van der Waals surface area contributed by atoms with Crippen LogP contribution in [0.3, 0.4) is 0 Å². The number of nitrogens with one attached hydrogen (secondary N) is 1. The molecule has 1 aliphatic heterocycles. The molecular weight excluding hydrogens is 396 g/mol. The van der Waals surface area contributed by atoms with E-state index in [1.165, 1.54) is 5.56 Å². The fourth-order valence-corrected chi connectivity index (χ4v) is 4.69. The zero-order valence-electron chi connectivity index (χ0n) is 18.4. The third-order valence-corrected chi connectivity index (χ3v) is 6.18. The Morgan fingerprint density at radius 3 is 2.78 bits per heavy atom. The number of pyridine rings is 2. The van der Waals surface area contributed by atoms with Gasteiger partial charge in [0.2, 0.25) is 5.91 Å². The molecule has 1 aromatic carbocycles. The highest BCUT2D eigenvalue weighted by Gasteiger charge is 2.42. The Labute approximate surface area is 190 Å². The summed E-state index contributed by atoms with van der Waals surface area (Å²) in [5.41, 5.74) is 3.91. The molecule has 1 N–H and O–H groups in total. The van der Waals surface area contributed by atoms with Gasteiger partial charge in [0.25, 0.3) is 0 Å². The van der Waals surface area contributed by atoms with Gasteiger partial charge < -0.3 is 5.32 Å². The first-order valence-electron chi connectivity index (χ1n) is 11.2. The molecule has 1 fully saturated rings. The fourth-order valence-electron chi connectivity index (χ4n) is 4.69. The van der Waals surface area contributed by atoms with Crippen LogP contribution in [-0.2, 0) is 17.8 Å². The summed E-state index contributed by atoms with van der Waals surface area (Å²) < 4.78 is 0. The van der Waals surface area contributed by atoms with Gasteiger partial charge in [0.15, 0.2) is 0 Å². The van der Waals surface area contributed by atoms with Crippen molar-refractivity contribution in [2.24, 2.45) is 5.41 Å². The molecule has 1 unspecified atom stereocenters. The van der Waals surface area contributed by atoms with E-state index in [0.29, 0.717) is 19.5 Å². The second-order valence-corrected chi connectivity index (χ2v) is 8.49. The largest absolute Gasteiger partial charge is 0.352 e. The molecule has 0 saturated carbocycles. The van der Waals surface area contributed by atoms with E-state index in [-0.39, 0.29) is 5.91 Å². The maximum atomic E-state index is 13.5. The second kappa shape index (κ2) is 10.3. The van der Waals surface area contributed by atoms with Crippen LogP contribution in [0.1, 0.15) is 24.1 Å². The first-order valence-corrected chi connectivity index (χ1v) is 11.2. The van der Waals surface area contributed by atoms with Gasteiger partial charge in [0.05, 0.1) is 11.1 Å². The molecule has 4 rings (SSSR count). The number of hydrogen-bond acceptors (Lipinski definition) is 4. The van der Waals surface area contributed by atoms with Crippen molar-refractivity contribution < 1.29 is 4.79 Å². The minimum Gasteiger partial charge on any atom is -0.352 e. The number of carbonyl (C=O) groups excluding carboxylic acids is 1. The Morgan fingerprint density at radius 2 is 2.00 bits per heavy atom. The molecule has 0 bridgehead atoms. The van der Waals surface area contributed by atoms with Crippen molar-refractivity contribution in [3.63, 3.8) is 0 Å². The molecule has 3 heterocycles. The highest BCUT2D eigenvalue weighted by atomic mass is 16.2. The monoisotopic (exact) mass is 426 g/mol. The predicted molar refractivity (Wildman–Crippen MR) is 128 cm³/mol. The molecule has 5 nitrogen and oxygen atoms in total. The predicted octanol–water partition coefficient (Wildman–Crippen LogP) is 4.27. The summed E-state index contributed by atoms with van der Waals surface area (Å²) in [4.78, 5) is 24.7. The summed E-state index contributed by atoms with van der Waals surface area (Å²) in [6.45, 7) is 6.67. The smallest absolute Gasteiger partial charge is 0.228 e. The molecule has 2 aromatic heterocycles. The number of rotatable bonds is 8. The van der Waals surface area contributed by atoms with Crippen molar-refractivity contribution in [2.45, 2.75) is 25.8 Å². The standard InChI is InChI=1S/C27H30N4O/c1-2-14-30-26(32)27(13-8-17-31(21-27)20-24-11-5-6-16-29-24)18-22-9-3-4-12-25(22)23-10-7-15-28-19-23/h2-7,9-12,15-16,19H,1,8,13-14,17-18,20-21H2,(H,30,32). The van der Waals surface area contributed by atoms with Gasteiger partial charge in [-0.2, -0.15) is 0 Å². The van der Waals surface area contributed by atoms with E-state index in [1.807, 2.05) is 42.7 Å². The highest BCUT2D eigenvalue weighted by Crippen LogP contribution is 2.37. The lowest BCUT2D eigenvalue weighted by atomic mass is 9.73. The van der Waals surface area contributed by atoms with E-state index >= 15 is 0 Å². The van der Waals surface area contributed by atoms with Crippen molar-refractivity contribution in [1.82, 2.24) is 20.2 Å². The number of benzene rings is 1. The Balaban J connectivity index is 1.64. The molecule has 5 heteroatoms. The third kappa shape index (κ3) is 5.11. The van der Waals surface area contributed by atoms with E-state index in [0.717, 1.165) is 42.8 Å². The van der Waals surface area contributed by atoms with Crippen LogP contribution in [-0.4, -0.2) is 40.4 Å². The first-order chi connectivity index (χ1) is 15.7. The third-order valence-electron chi connectivity index (χ3n) is 6.18. The summed E-state index contributed by atoms with van der Waals surface area (Å²) in [7, 11) is 0. The van der Waals surface area contributed by atoms with Crippen molar-refractivity contribution >= 4 is 5.91 Å². The molecule has 1 saturated heterocycles. The van der Waals surface area contributed by atoms with Crippen LogP contribution in [0.2, 0.25) is 0 Å². The quantitative estimate of drug-likeness (QED) is 0.547. The van der Waals surface area contributed by atoms with E-state index in [4.69, 9.17) is 0 Å². The minimum atomic E-state index is -0.506. The van der Waals surface area contributed by atoms with Gasteiger partial charge in [-0.1, -0.05) is 42.5 Å². The second-order valence-electron chi connectivity index (χ2n) is 8.49. The Hall–Kier alpha value is -3.31. The highest BCUT2D eigenvalue weighted by molar-refractivity contribution is 5.84. The number of amides is 1. The lowest BCUT2D eigenvalue weighted by Gasteiger charge is -2.42. The zero-order valence-corrected chi connectivity index (χ0v) is 18.4. The molecule has 0 spiro atoms. The number of nitrogens with zero attached hydrogens (tertiary/aromatic N) is 3. The molecule has 1 amide bonds. The van der Waals surface area contributed by atoms with Gasteiger partial charge in [-0.3, -0.25) is 19.7 Å². The number of aromatic nitrogens is 2.